The van der Waals surface area contributed by atoms with Gasteiger partial charge in [-0.3, -0.25) is 4.79 Å². The molecular weight excluding hydrogens is 388 g/mol. The predicted molar refractivity (Wildman–Crippen MR) is 108 cm³/mol. The monoisotopic (exact) mass is 406 g/mol. The number of nitrogens with one attached hydrogen (secondary N) is 1. The van der Waals surface area contributed by atoms with Gasteiger partial charge < -0.3 is 19.0 Å². The zero-order valence-electron chi connectivity index (χ0n) is 16.2. The maximum atomic E-state index is 12.9. The number of ketones is 1. The number of methoxy groups -OCH3 is 2. The SMILES string of the molecule is COc1c(C(=O)C=Cc2cccc(Cc3nn[nH]n3)c2)c(O)c(OC)c2occc12. The Morgan fingerprint density at radius 2 is 2.07 bits per heavy atom. The highest BCUT2D eigenvalue weighted by molar-refractivity contribution is 6.15. The molecule has 2 heterocycles. The highest BCUT2D eigenvalue weighted by Gasteiger charge is 2.26. The fourth-order valence-electron chi connectivity index (χ4n) is 3.26. The molecule has 0 saturated carbocycles. The summed E-state index contributed by atoms with van der Waals surface area (Å²) in [5.41, 5.74) is 2.08. The molecule has 2 aromatic heterocycles. The lowest BCUT2D eigenvalue weighted by atomic mass is 10.0. The quantitative estimate of drug-likeness (QED) is 0.354. The number of tetrazole rings is 1. The minimum absolute atomic E-state index is 0.00227. The summed E-state index contributed by atoms with van der Waals surface area (Å²) in [5, 5.41) is 25.0. The van der Waals surface area contributed by atoms with Crippen molar-refractivity contribution in [3.63, 3.8) is 0 Å². The van der Waals surface area contributed by atoms with Crippen LogP contribution in [0.2, 0.25) is 0 Å². The van der Waals surface area contributed by atoms with Crippen molar-refractivity contribution in [2.45, 2.75) is 6.42 Å². The van der Waals surface area contributed by atoms with Crippen LogP contribution in [0.25, 0.3) is 17.0 Å². The number of aromatic amines is 1. The average molecular weight is 406 g/mol. The van der Waals surface area contributed by atoms with Crippen LogP contribution in [0.4, 0.5) is 0 Å². The number of nitrogens with zero attached hydrogens (tertiary/aromatic N) is 3. The van der Waals surface area contributed by atoms with Crippen molar-refractivity contribution in [2.75, 3.05) is 14.2 Å². The molecule has 2 N–H and O–H groups in total. The number of rotatable bonds is 7. The number of H-pyrrole nitrogens is 1. The lowest BCUT2D eigenvalue weighted by Gasteiger charge is -2.13. The molecule has 0 saturated heterocycles. The van der Waals surface area contributed by atoms with E-state index in [2.05, 4.69) is 20.6 Å². The fourth-order valence-corrected chi connectivity index (χ4v) is 3.26. The first kappa shape index (κ1) is 19.2. The summed E-state index contributed by atoms with van der Waals surface area (Å²) in [4.78, 5) is 12.9. The molecular formula is C21H18N4O5. The van der Waals surface area contributed by atoms with Crippen molar-refractivity contribution < 1.29 is 23.8 Å². The maximum Gasteiger partial charge on any atom is 0.205 e. The van der Waals surface area contributed by atoms with E-state index in [4.69, 9.17) is 13.9 Å². The van der Waals surface area contributed by atoms with Crippen LogP contribution in [-0.2, 0) is 6.42 Å². The summed E-state index contributed by atoms with van der Waals surface area (Å²) in [6, 6.07) is 9.23. The molecule has 152 valence electrons. The van der Waals surface area contributed by atoms with Crippen LogP contribution in [0.3, 0.4) is 0 Å². The minimum atomic E-state index is -0.436. The number of fused-ring (bicyclic) bond motifs is 1. The van der Waals surface area contributed by atoms with Crippen molar-refractivity contribution in [3.8, 4) is 17.2 Å². The van der Waals surface area contributed by atoms with Crippen LogP contribution >= 0.6 is 0 Å². The number of phenolic OH excluding ortho intramolecular Hbond substituents is 1. The first-order valence-corrected chi connectivity index (χ1v) is 9.00. The number of carbonyl (C=O) groups is 1. The van der Waals surface area contributed by atoms with Gasteiger partial charge in [0.05, 0.1) is 25.9 Å². The lowest BCUT2D eigenvalue weighted by Crippen LogP contribution is -2.02. The van der Waals surface area contributed by atoms with Gasteiger partial charge in [-0.1, -0.05) is 35.6 Å². The van der Waals surface area contributed by atoms with E-state index in [1.807, 2.05) is 24.3 Å². The van der Waals surface area contributed by atoms with Gasteiger partial charge in [-0.15, -0.1) is 10.2 Å². The van der Waals surface area contributed by atoms with Crippen LogP contribution in [0, 0.1) is 0 Å². The summed E-state index contributed by atoms with van der Waals surface area (Å²) < 4.78 is 16.0. The van der Waals surface area contributed by atoms with Crippen LogP contribution in [0.1, 0.15) is 27.3 Å². The fraction of sp³-hybridized carbons (Fsp3) is 0.143. The molecule has 0 aliphatic rings. The predicted octanol–water partition coefficient (Wildman–Crippen LogP) is 3.16. The first-order chi connectivity index (χ1) is 14.6. The molecule has 0 bridgehead atoms. The van der Waals surface area contributed by atoms with Crippen LogP contribution < -0.4 is 9.47 Å². The van der Waals surface area contributed by atoms with Crippen LogP contribution in [0.5, 0.6) is 17.2 Å². The number of hydrogen-bond acceptors (Lipinski definition) is 8. The van der Waals surface area contributed by atoms with E-state index in [9.17, 15) is 9.90 Å². The molecule has 0 unspecified atom stereocenters. The van der Waals surface area contributed by atoms with Gasteiger partial charge in [-0.25, -0.2) is 0 Å². The van der Waals surface area contributed by atoms with E-state index in [-0.39, 0.29) is 22.8 Å². The number of furan rings is 1. The maximum absolute atomic E-state index is 12.9. The Bertz CT molecular complexity index is 1230. The van der Waals surface area contributed by atoms with Crippen molar-refractivity contribution in [1.29, 1.82) is 0 Å². The smallest absolute Gasteiger partial charge is 0.205 e. The topological polar surface area (TPSA) is 123 Å². The second kappa shape index (κ2) is 8.08. The summed E-state index contributed by atoms with van der Waals surface area (Å²) in [7, 11) is 2.82. The van der Waals surface area contributed by atoms with Crippen molar-refractivity contribution in [3.05, 3.63) is 65.2 Å². The number of benzene rings is 2. The summed E-state index contributed by atoms with van der Waals surface area (Å²) >= 11 is 0. The average Bonchev–Trinajstić information content (AvgIpc) is 3.43. The van der Waals surface area contributed by atoms with E-state index in [0.717, 1.165) is 11.1 Å². The van der Waals surface area contributed by atoms with Gasteiger partial charge in [-0.2, -0.15) is 5.21 Å². The lowest BCUT2D eigenvalue weighted by molar-refractivity contribution is 0.104. The molecule has 0 atom stereocenters. The Morgan fingerprint density at radius 3 is 2.80 bits per heavy atom. The second-order valence-electron chi connectivity index (χ2n) is 6.40. The molecule has 9 heteroatoms. The van der Waals surface area contributed by atoms with E-state index in [1.54, 1.807) is 12.1 Å². The van der Waals surface area contributed by atoms with Crippen molar-refractivity contribution in [2.24, 2.45) is 0 Å². The van der Waals surface area contributed by atoms with Gasteiger partial charge in [0.1, 0.15) is 11.3 Å². The normalized spacial score (nSPS) is 11.3. The number of ether oxygens (including phenoxy) is 2. The molecule has 0 fully saturated rings. The van der Waals surface area contributed by atoms with E-state index >= 15 is 0 Å². The second-order valence-corrected chi connectivity index (χ2v) is 6.40. The number of aromatic hydroxyl groups is 1. The Hall–Kier alpha value is -4.14. The summed E-state index contributed by atoms with van der Waals surface area (Å²) in [6.07, 6.45) is 4.98. The third kappa shape index (κ3) is 3.48. The van der Waals surface area contributed by atoms with Gasteiger partial charge in [-0.05, 0) is 23.3 Å². The Labute approximate surface area is 170 Å². The third-order valence-electron chi connectivity index (χ3n) is 4.58. The molecule has 0 spiro atoms. The number of allylic oxidation sites excluding steroid dienone is 1. The largest absolute Gasteiger partial charge is 0.504 e. The van der Waals surface area contributed by atoms with E-state index in [1.165, 1.54) is 26.6 Å². The van der Waals surface area contributed by atoms with Gasteiger partial charge in [0.15, 0.2) is 22.9 Å². The minimum Gasteiger partial charge on any atom is -0.504 e. The molecule has 4 rings (SSSR count). The number of hydrogen-bond donors (Lipinski definition) is 2. The molecule has 0 radical (unpaired) electrons. The van der Waals surface area contributed by atoms with Gasteiger partial charge in [0.25, 0.3) is 0 Å². The molecule has 0 aliphatic heterocycles. The van der Waals surface area contributed by atoms with Crippen molar-refractivity contribution >= 4 is 22.8 Å². The standard InChI is InChI=1S/C21H18N4O5/c1-28-19-14-8-9-30-20(14)21(29-2)18(27)17(19)15(26)7-6-12-4-3-5-13(10-12)11-16-22-24-25-23-16/h3-10,27H,11H2,1-2H3,(H,22,23,24,25). The number of phenols is 1. The zero-order chi connectivity index (χ0) is 21.1. The van der Waals surface area contributed by atoms with Crippen molar-refractivity contribution in [1.82, 2.24) is 20.6 Å². The molecule has 9 nitrogen and oxygen atoms in total. The molecule has 0 aliphatic carbocycles. The molecule has 30 heavy (non-hydrogen) atoms. The Morgan fingerprint density at radius 1 is 1.23 bits per heavy atom. The Balaban J connectivity index is 1.66. The molecule has 0 amide bonds. The van der Waals surface area contributed by atoms with Gasteiger partial charge in [0.2, 0.25) is 5.75 Å². The number of aromatic nitrogens is 4. The summed E-state index contributed by atoms with van der Waals surface area (Å²) in [6.45, 7) is 0. The third-order valence-corrected chi connectivity index (χ3v) is 4.58. The number of carbonyl (C=O) groups excluding carboxylic acids is 1. The molecule has 4 aromatic rings. The highest BCUT2D eigenvalue weighted by Crippen LogP contribution is 2.45. The summed E-state index contributed by atoms with van der Waals surface area (Å²) in [5.74, 6) is 0.0984. The van der Waals surface area contributed by atoms with Gasteiger partial charge in [0, 0.05) is 6.42 Å². The molecule has 2 aromatic carbocycles. The van der Waals surface area contributed by atoms with Gasteiger partial charge >= 0.3 is 0 Å². The van der Waals surface area contributed by atoms with E-state index in [0.29, 0.717) is 23.2 Å². The first-order valence-electron chi connectivity index (χ1n) is 9.00. The zero-order valence-corrected chi connectivity index (χ0v) is 16.2. The van der Waals surface area contributed by atoms with E-state index < -0.39 is 5.78 Å². The van der Waals surface area contributed by atoms with Crippen LogP contribution in [0.15, 0.2) is 47.1 Å². The van der Waals surface area contributed by atoms with Crippen LogP contribution in [-0.4, -0.2) is 45.7 Å². The highest BCUT2D eigenvalue weighted by atomic mass is 16.5. The Kier molecular flexibility index (Phi) is 5.17.